The number of hydrogen-bond donors (Lipinski definition) is 2. The van der Waals surface area contributed by atoms with Crippen LogP contribution in [-0.4, -0.2) is 23.6 Å². The highest BCUT2D eigenvalue weighted by atomic mass is 32.1. The third-order valence-electron chi connectivity index (χ3n) is 3.08. The molecule has 1 aromatic heterocycles. The van der Waals surface area contributed by atoms with Crippen LogP contribution in [0.3, 0.4) is 0 Å². The van der Waals surface area contributed by atoms with Crippen molar-refractivity contribution in [3.05, 3.63) is 45.4 Å². The Morgan fingerprint density at radius 1 is 1.30 bits per heavy atom. The lowest BCUT2D eigenvalue weighted by molar-refractivity contribution is -0.123. The Morgan fingerprint density at radius 2 is 2.04 bits per heavy atom. The molecule has 1 aromatic carbocycles. The first kappa shape index (κ1) is 17.3. The van der Waals surface area contributed by atoms with Gasteiger partial charge in [-0.2, -0.15) is 13.2 Å². The first-order valence-electron chi connectivity index (χ1n) is 6.85. The molecule has 8 heteroatoms. The van der Waals surface area contributed by atoms with E-state index < -0.39 is 18.6 Å². The number of halogens is 3. The number of aromatic nitrogens is 1. The van der Waals surface area contributed by atoms with E-state index in [1.165, 1.54) is 17.4 Å². The molecule has 0 saturated carbocycles. The second-order valence-corrected chi connectivity index (χ2v) is 6.10. The number of nitrogens with zero attached hydrogens (tertiary/aromatic N) is 1. The second kappa shape index (κ2) is 6.99. The van der Waals surface area contributed by atoms with Crippen molar-refractivity contribution < 1.29 is 18.0 Å². The number of benzene rings is 1. The van der Waals surface area contributed by atoms with E-state index in [0.717, 1.165) is 16.3 Å². The summed E-state index contributed by atoms with van der Waals surface area (Å²) >= 11 is 1.54. The fraction of sp³-hybridized carbons (Fsp3) is 0.333. The van der Waals surface area contributed by atoms with Crippen LogP contribution in [0.5, 0.6) is 0 Å². The number of amides is 1. The summed E-state index contributed by atoms with van der Waals surface area (Å²) in [6, 6.07) is 4.73. The van der Waals surface area contributed by atoms with Crippen LogP contribution < -0.4 is 10.6 Å². The number of alkyl halides is 3. The van der Waals surface area contributed by atoms with E-state index in [1.54, 1.807) is 12.1 Å². The predicted molar refractivity (Wildman–Crippen MR) is 83.7 cm³/mol. The van der Waals surface area contributed by atoms with Crippen LogP contribution in [-0.2, 0) is 6.54 Å². The first-order chi connectivity index (χ1) is 10.7. The molecule has 1 heterocycles. The molecule has 0 unspecified atom stereocenters. The number of thiazole rings is 1. The largest absolute Gasteiger partial charge is 0.405 e. The van der Waals surface area contributed by atoms with Crippen molar-refractivity contribution in [1.82, 2.24) is 10.3 Å². The number of carbonyl (C=O) groups is 1. The molecule has 0 radical (unpaired) electrons. The van der Waals surface area contributed by atoms with Gasteiger partial charge in [-0.1, -0.05) is 6.07 Å². The smallest absolute Gasteiger partial charge is 0.379 e. The van der Waals surface area contributed by atoms with Crippen molar-refractivity contribution in [1.29, 1.82) is 0 Å². The minimum absolute atomic E-state index is 0.178. The molecule has 2 N–H and O–H groups in total. The summed E-state index contributed by atoms with van der Waals surface area (Å²) < 4.78 is 36.5. The van der Waals surface area contributed by atoms with Gasteiger partial charge in [0, 0.05) is 16.6 Å². The summed E-state index contributed by atoms with van der Waals surface area (Å²) in [5, 5.41) is 7.90. The molecular weight excluding hydrogens is 327 g/mol. The minimum atomic E-state index is -4.43. The number of aryl methyl sites for hydroxylation is 2. The molecule has 1 amide bonds. The van der Waals surface area contributed by atoms with Crippen molar-refractivity contribution in [2.75, 3.05) is 11.9 Å². The monoisotopic (exact) mass is 343 g/mol. The SMILES string of the molecule is Cc1nc(CNc2cc(C(=O)NCC(F)(F)F)ccc2C)cs1. The van der Waals surface area contributed by atoms with Crippen molar-refractivity contribution in [3.8, 4) is 0 Å². The molecule has 0 saturated heterocycles. The molecule has 0 bridgehead atoms. The van der Waals surface area contributed by atoms with Gasteiger partial charge in [-0.05, 0) is 31.5 Å². The highest BCUT2D eigenvalue weighted by Gasteiger charge is 2.27. The standard InChI is InChI=1S/C15H16F3N3OS/c1-9-3-4-11(14(22)20-8-15(16,17)18)5-13(9)19-6-12-7-23-10(2)21-12/h3-5,7,19H,6,8H2,1-2H3,(H,20,22). The molecule has 0 aliphatic rings. The van der Waals surface area contributed by atoms with Crippen LogP contribution in [0.4, 0.5) is 18.9 Å². The van der Waals surface area contributed by atoms with E-state index in [0.29, 0.717) is 12.2 Å². The third kappa shape index (κ3) is 5.24. The van der Waals surface area contributed by atoms with Gasteiger partial charge in [0.05, 0.1) is 17.2 Å². The van der Waals surface area contributed by atoms with Gasteiger partial charge in [0.2, 0.25) is 0 Å². The Morgan fingerprint density at radius 3 is 2.65 bits per heavy atom. The van der Waals surface area contributed by atoms with Gasteiger partial charge in [0.15, 0.2) is 0 Å². The summed E-state index contributed by atoms with van der Waals surface area (Å²) in [5.74, 6) is -0.755. The lowest BCUT2D eigenvalue weighted by Gasteiger charge is -2.12. The molecule has 0 spiro atoms. The molecule has 2 aromatic rings. The van der Waals surface area contributed by atoms with Crippen LogP contribution in [0.1, 0.15) is 26.6 Å². The summed E-state index contributed by atoms with van der Waals surface area (Å²) in [4.78, 5) is 16.1. The van der Waals surface area contributed by atoms with Crippen LogP contribution in [0, 0.1) is 13.8 Å². The number of carbonyl (C=O) groups excluding carboxylic acids is 1. The molecule has 0 atom stereocenters. The van der Waals surface area contributed by atoms with Gasteiger partial charge in [-0.25, -0.2) is 4.98 Å². The number of rotatable bonds is 5. The fourth-order valence-electron chi connectivity index (χ4n) is 1.91. The molecule has 2 rings (SSSR count). The third-order valence-corrected chi connectivity index (χ3v) is 3.90. The molecular formula is C15H16F3N3OS. The molecule has 4 nitrogen and oxygen atoms in total. The fourth-order valence-corrected chi connectivity index (χ4v) is 2.52. The minimum Gasteiger partial charge on any atom is -0.379 e. The molecule has 0 fully saturated rings. The average molecular weight is 343 g/mol. The van der Waals surface area contributed by atoms with E-state index >= 15 is 0 Å². The predicted octanol–water partition coefficient (Wildman–Crippen LogP) is 3.66. The van der Waals surface area contributed by atoms with Crippen LogP contribution in [0.15, 0.2) is 23.6 Å². The van der Waals surface area contributed by atoms with Gasteiger partial charge in [-0.15, -0.1) is 11.3 Å². The average Bonchev–Trinajstić information content (AvgIpc) is 2.89. The Bertz CT molecular complexity index is 698. The first-order valence-corrected chi connectivity index (χ1v) is 7.73. The van der Waals surface area contributed by atoms with Gasteiger partial charge in [0.25, 0.3) is 5.91 Å². The molecule has 0 aliphatic heterocycles. The molecule has 23 heavy (non-hydrogen) atoms. The zero-order chi connectivity index (χ0) is 17.0. The van der Waals surface area contributed by atoms with Crippen LogP contribution in [0.2, 0.25) is 0 Å². The maximum Gasteiger partial charge on any atom is 0.405 e. The zero-order valence-corrected chi connectivity index (χ0v) is 13.4. The lowest BCUT2D eigenvalue weighted by Crippen LogP contribution is -2.33. The molecule has 0 aliphatic carbocycles. The van der Waals surface area contributed by atoms with E-state index in [-0.39, 0.29) is 5.56 Å². The van der Waals surface area contributed by atoms with Crippen molar-refractivity contribution in [2.24, 2.45) is 0 Å². The maximum atomic E-state index is 12.2. The highest BCUT2D eigenvalue weighted by Crippen LogP contribution is 2.19. The highest BCUT2D eigenvalue weighted by molar-refractivity contribution is 7.09. The topological polar surface area (TPSA) is 54.0 Å². The number of nitrogens with one attached hydrogen (secondary N) is 2. The van der Waals surface area contributed by atoms with Gasteiger partial charge in [-0.3, -0.25) is 4.79 Å². The Kier molecular flexibility index (Phi) is 5.25. The zero-order valence-electron chi connectivity index (χ0n) is 12.6. The van der Waals surface area contributed by atoms with Crippen molar-refractivity contribution >= 4 is 22.9 Å². The summed E-state index contributed by atoms with van der Waals surface area (Å²) in [6.07, 6.45) is -4.43. The van der Waals surface area contributed by atoms with E-state index in [1.807, 2.05) is 24.5 Å². The Hall–Kier alpha value is -2.09. The van der Waals surface area contributed by atoms with E-state index in [9.17, 15) is 18.0 Å². The Balaban J connectivity index is 2.04. The second-order valence-electron chi connectivity index (χ2n) is 5.04. The maximum absolute atomic E-state index is 12.2. The van der Waals surface area contributed by atoms with E-state index in [2.05, 4.69) is 10.3 Å². The van der Waals surface area contributed by atoms with Crippen LogP contribution in [0.25, 0.3) is 0 Å². The summed E-state index contributed by atoms with van der Waals surface area (Å²) in [6.45, 7) is 2.90. The van der Waals surface area contributed by atoms with Gasteiger partial charge in [0.1, 0.15) is 6.54 Å². The number of anilines is 1. The normalized spacial score (nSPS) is 11.3. The summed E-state index contributed by atoms with van der Waals surface area (Å²) in [7, 11) is 0. The quantitative estimate of drug-likeness (QED) is 0.871. The number of hydrogen-bond acceptors (Lipinski definition) is 4. The summed E-state index contributed by atoms with van der Waals surface area (Å²) in [5.41, 5.74) is 2.63. The van der Waals surface area contributed by atoms with E-state index in [4.69, 9.17) is 0 Å². The van der Waals surface area contributed by atoms with Crippen molar-refractivity contribution in [2.45, 2.75) is 26.6 Å². The van der Waals surface area contributed by atoms with Crippen molar-refractivity contribution in [3.63, 3.8) is 0 Å². The van der Waals surface area contributed by atoms with Gasteiger partial charge >= 0.3 is 6.18 Å². The molecule has 124 valence electrons. The van der Waals surface area contributed by atoms with Crippen LogP contribution >= 0.6 is 11.3 Å². The lowest BCUT2D eigenvalue weighted by atomic mass is 10.1. The Labute approximate surface area is 135 Å². The van der Waals surface area contributed by atoms with Gasteiger partial charge < -0.3 is 10.6 Å².